The van der Waals surface area contributed by atoms with Crippen LogP contribution in [0.25, 0.3) is 0 Å². The Labute approximate surface area is 101 Å². The van der Waals surface area contributed by atoms with Gasteiger partial charge >= 0.3 is 0 Å². The van der Waals surface area contributed by atoms with Gasteiger partial charge in [-0.25, -0.2) is 0 Å². The maximum Gasteiger partial charge on any atom is 0.141 e. The highest BCUT2D eigenvalue weighted by Gasteiger charge is 2.06. The van der Waals surface area contributed by atoms with Crippen molar-refractivity contribution < 1.29 is 4.79 Å². The molecule has 0 saturated heterocycles. The van der Waals surface area contributed by atoms with Crippen LogP contribution >= 0.6 is 0 Å². The summed E-state index contributed by atoms with van der Waals surface area (Å²) in [6.45, 7) is 2.87. The van der Waals surface area contributed by atoms with Crippen molar-refractivity contribution in [2.24, 2.45) is 0 Å². The molecule has 0 bridgehead atoms. The smallest absolute Gasteiger partial charge is 0.141 e. The molecule has 0 aliphatic heterocycles. The molecule has 17 heavy (non-hydrogen) atoms. The van der Waals surface area contributed by atoms with Gasteiger partial charge in [-0.3, -0.25) is 9.48 Å². The Morgan fingerprint density at radius 1 is 1.18 bits per heavy atom. The lowest BCUT2D eigenvalue weighted by Gasteiger charge is -1.99. The van der Waals surface area contributed by atoms with Gasteiger partial charge in [0.2, 0.25) is 0 Å². The molecule has 2 rings (SSSR count). The minimum absolute atomic E-state index is 0.229. The molecular formula is C14H16N2O. The quantitative estimate of drug-likeness (QED) is 0.786. The number of ketones is 1. The Morgan fingerprint density at radius 3 is 2.53 bits per heavy atom. The number of carbonyl (C=O) groups is 1. The molecule has 1 aromatic carbocycles. The molecule has 3 nitrogen and oxygen atoms in total. The summed E-state index contributed by atoms with van der Waals surface area (Å²) in [5.74, 6) is 0.229. The molecule has 2 aromatic rings. The standard InChI is InChI=1S/C14H16N2O/c1-2-16-11-13(10-15-16)9-14(17)8-12-6-4-3-5-7-12/h3-7,10-11H,2,8-9H2,1H3. The van der Waals surface area contributed by atoms with Gasteiger partial charge in [-0.1, -0.05) is 30.3 Å². The number of benzene rings is 1. The Morgan fingerprint density at radius 2 is 1.88 bits per heavy atom. The zero-order chi connectivity index (χ0) is 12.1. The third-order valence-electron chi connectivity index (χ3n) is 2.66. The molecule has 0 saturated carbocycles. The van der Waals surface area contributed by atoms with Crippen molar-refractivity contribution >= 4 is 5.78 Å². The van der Waals surface area contributed by atoms with Crippen LogP contribution in [-0.4, -0.2) is 15.6 Å². The minimum atomic E-state index is 0.229. The van der Waals surface area contributed by atoms with E-state index < -0.39 is 0 Å². The van der Waals surface area contributed by atoms with Crippen molar-refractivity contribution in [1.82, 2.24) is 9.78 Å². The highest BCUT2D eigenvalue weighted by molar-refractivity contribution is 5.82. The summed E-state index contributed by atoms with van der Waals surface area (Å²) in [6.07, 6.45) is 4.67. The van der Waals surface area contributed by atoms with Gasteiger partial charge in [-0.2, -0.15) is 5.10 Å². The molecule has 3 heteroatoms. The summed E-state index contributed by atoms with van der Waals surface area (Å²) in [7, 11) is 0. The zero-order valence-electron chi connectivity index (χ0n) is 9.97. The fraction of sp³-hybridized carbons (Fsp3) is 0.286. The molecule has 0 N–H and O–H groups in total. The van der Waals surface area contributed by atoms with Gasteiger partial charge in [-0.05, 0) is 18.1 Å². The fourth-order valence-corrected chi connectivity index (χ4v) is 1.78. The van der Waals surface area contributed by atoms with Crippen LogP contribution in [-0.2, 0) is 24.2 Å². The summed E-state index contributed by atoms with van der Waals surface area (Å²) in [4.78, 5) is 11.8. The number of hydrogen-bond acceptors (Lipinski definition) is 2. The fourth-order valence-electron chi connectivity index (χ4n) is 1.78. The number of nitrogens with zero attached hydrogens (tertiary/aromatic N) is 2. The van der Waals surface area contributed by atoms with E-state index in [1.807, 2.05) is 48.1 Å². The van der Waals surface area contributed by atoms with Crippen molar-refractivity contribution in [3.63, 3.8) is 0 Å². The molecule has 1 aromatic heterocycles. The monoisotopic (exact) mass is 228 g/mol. The first-order valence-electron chi connectivity index (χ1n) is 5.85. The van der Waals surface area contributed by atoms with Gasteiger partial charge < -0.3 is 0 Å². The Hall–Kier alpha value is -1.90. The molecular weight excluding hydrogens is 212 g/mol. The predicted molar refractivity (Wildman–Crippen MR) is 66.8 cm³/mol. The molecule has 1 heterocycles. The maximum atomic E-state index is 11.8. The molecule has 0 fully saturated rings. The number of rotatable bonds is 5. The second-order valence-corrected chi connectivity index (χ2v) is 4.08. The van der Waals surface area contributed by atoms with E-state index in [4.69, 9.17) is 0 Å². The van der Waals surface area contributed by atoms with Crippen LogP contribution in [0.4, 0.5) is 0 Å². The minimum Gasteiger partial charge on any atom is -0.299 e. The van der Waals surface area contributed by atoms with Crippen LogP contribution in [0.15, 0.2) is 42.7 Å². The number of aryl methyl sites for hydroxylation is 1. The molecule has 88 valence electrons. The predicted octanol–water partition coefficient (Wildman–Crippen LogP) is 2.26. The molecule has 0 aliphatic carbocycles. The first kappa shape index (κ1) is 11.6. The van der Waals surface area contributed by atoms with Crippen LogP contribution in [0.1, 0.15) is 18.1 Å². The van der Waals surface area contributed by atoms with Crippen molar-refractivity contribution in [2.45, 2.75) is 26.3 Å². The molecule has 0 spiro atoms. The molecule has 0 unspecified atom stereocenters. The lowest BCUT2D eigenvalue weighted by Crippen LogP contribution is -2.05. The van der Waals surface area contributed by atoms with Gasteiger partial charge in [0.1, 0.15) is 5.78 Å². The van der Waals surface area contributed by atoms with E-state index >= 15 is 0 Å². The third kappa shape index (κ3) is 3.28. The summed E-state index contributed by atoms with van der Waals surface area (Å²) in [6, 6.07) is 9.83. The summed E-state index contributed by atoms with van der Waals surface area (Å²) in [5.41, 5.74) is 2.06. The van der Waals surface area contributed by atoms with Crippen molar-refractivity contribution in [3.8, 4) is 0 Å². The highest BCUT2D eigenvalue weighted by atomic mass is 16.1. The second kappa shape index (κ2) is 5.43. The van der Waals surface area contributed by atoms with Gasteiger partial charge in [0.15, 0.2) is 0 Å². The molecule has 0 amide bonds. The molecule has 0 aliphatic rings. The summed E-state index contributed by atoms with van der Waals surface area (Å²) < 4.78 is 1.84. The van der Waals surface area contributed by atoms with Crippen molar-refractivity contribution in [1.29, 1.82) is 0 Å². The average Bonchev–Trinajstić information content (AvgIpc) is 2.78. The molecule has 0 atom stereocenters. The van der Waals surface area contributed by atoms with Gasteiger partial charge in [-0.15, -0.1) is 0 Å². The average molecular weight is 228 g/mol. The Bertz CT molecular complexity index is 488. The van der Waals surface area contributed by atoms with E-state index in [0.717, 1.165) is 17.7 Å². The normalized spacial score (nSPS) is 10.4. The Balaban J connectivity index is 1.93. The topological polar surface area (TPSA) is 34.9 Å². The SMILES string of the molecule is CCn1cc(CC(=O)Cc2ccccc2)cn1. The van der Waals surface area contributed by atoms with Crippen molar-refractivity contribution in [2.75, 3.05) is 0 Å². The van der Waals surface area contributed by atoms with Crippen molar-refractivity contribution in [3.05, 3.63) is 53.9 Å². The van der Waals surface area contributed by atoms with E-state index in [-0.39, 0.29) is 5.78 Å². The number of aromatic nitrogens is 2. The van der Waals surface area contributed by atoms with Crippen LogP contribution < -0.4 is 0 Å². The van der Waals surface area contributed by atoms with E-state index in [9.17, 15) is 4.79 Å². The Kier molecular flexibility index (Phi) is 3.70. The first-order valence-corrected chi connectivity index (χ1v) is 5.85. The number of carbonyl (C=O) groups excluding carboxylic acids is 1. The van der Waals surface area contributed by atoms with Crippen LogP contribution in [0.3, 0.4) is 0 Å². The van der Waals surface area contributed by atoms with E-state index in [1.54, 1.807) is 6.20 Å². The zero-order valence-corrected chi connectivity index (χ0v) is 9.97. The van der Waals surface area contributed by atoms with Gasteiger partial charge in [0.05, 0.1) is 6.20 Å². The van der Waals surface area contributed by atoms with Crippen LogP contribution in [0.2, 0.25) is 0 Å². The van der Waals surface area contributed by atoms with E-state index in [0.29, 0.717) is 12.8 Å². The molecule has 0 radical (unpaired) electrons. The summed E-state index contributed by atoms with van der Waals surface area (Å²) in [5, 5.41) is 4.16. The van der Waals surface area contributed by atoms with Crippen LogP contribution in [0, 0.1) is 0 Å². The van der Waals surface area contributed by atoms with Gasteiger partial charge in [0, 0.05) is 25.6 Å². The summed E-state index contributed by atoms with van der Waals surface area (Å²) >= 11 is 0. The second-order valence-electron chi connectivity index (χ2n) is 4.08. The number of Topliss-reactive ketones (excluding diaryl/α,β-unsaturated/α-hetero) is 1. The lowest BCUT2D eigenvalue weighted by molar-refractivity contribution is -0.117. The van der Waals surface area contributed by atoms with Gasteiger partial charge in [0.25, 0.3) is 0 Å². The van der Waals surface area contributed by atoms with E-state index in [1.165, 1.54) is 0 Å². The third-order valence-corrected chi connectivity index (χ3v) is 2.66. The lowest BCUT2D eigenvalue weighted by atomic mass is 10.1. The van der Waals surface area contributed by atoms with Crippen LogP contribution in [0.5, 0.6) is 0 Å². The van der Waals surface area contributed by atoms with E-state index in [2.05, 4.69) is 5.10 Å². The highest BCUT2D eigenvalue weighted by Crippen LogP contribution is 2.05. The maximum absolute atomic E-state index is 11.8. The first-order chi connectivity index (χ1) is 8.28. The number of hydrogen-bond donors (Lipinski definition) is 0. The largest absolute Gasteiger partial charge is 0.299 e.